The molecule has 1 saturated heterocycles. The highest BCUT2D eigenvalue weighted by Crippen LogP contribution is 2.07. The second-order valence-electron chi connectivity index (χ2n) is 6.11. The Morgan fingerprint density at radius 2 is 1.80 bits per heavy atom. The zero-order valence-corrected chi connectivity index (χ0v) is 14.8. The molecule has 0 bridgehead atoms. The first-order chi connectivity index (χ1) is 12.1. The van der Waals surface area contributed by atoms with Crippen molar-refractivity contribution in [2.75, 3.05) is 39.3 Å². The maximum Gasteiger partial charge on any atom is 0.320 e. The Kier molecular flexibility index (Phi) is 5.28. The molecule has 2 amide bonds. The zero-order valence-electron chi connectivity index (χ0n) is 14.8. The van der Waals surface area contributed by atoms with E-state index in [1.165, 1.54) is 4.68 Å². The fraction of sp³-hybridized carbons (Fsp3) is 0.529. The maximum atomic E-state index is 12.5. The third kappa shape index (κ3) is 3.63. The van der Waals surface area contributed by atoms with E-state index in [-0.39, 0.29) is 11.6 Å². The van der Waals surface area contributed by atoms with Gasteiger partial charge in [-0.15, -0.1) is 5.10 Å². The number of amides is 2. The van der Waals surface area contributed by atoms with Crippen molar-refractivity contribution in [3.8, 4) is 0 Å². The van der Waals surface area contributed by atoms with Gasteiger partial charge in [0.2, 0.25) is 0 Å². The number of fused-ring (bicyclic) bond motifs is 1. The van der Waals surface area contributed by atoms with Gasteiger partial charge in [-0.2, -0.15) is 4.68 Å². The van der Waals surface area contributed by atoms with Crippen LogP contribution < -0.4 is 5.56 Å². The molecule has 25 heavy (non-hydrogen) atoms. The Hall–Kier alpha value is -2.48. The van der Waals surface area contributed by atoms with Gasteiger partial charge in [0.1, 0.15) is 5.52 Å². The minimum atomic E-state index is -0.132. The van der Waals surface area contributed by atoms with Gasteiger partial charge >= 0.3 is 6.03 Å². The standard InChI is InChI=1S/C17H24N6O2/c1-3-21(4-2)17(25)22-11-9-20(10-12-22)13-23-16(24)14-7-5-6-8-15(14)18-19-23/h5-8H,3-4,9-13H2,1-2H3. The molecule has 1 aliphatic rings. The molecule has 0 N–H and O–H groups in total. The molecule has 0 spiro atoms. The molecular formula is C17H24N6O2. The summed E-state index contributed by atoms with van der Waals surface area (Å²) in [5.74, 6) is 0. The van der Waals surface area contributed by atoms with Gasteiger partial charge < -0.3 is 9.80 Å². The summed E-state index contributed by atoms with van der Waals surface area (Å²) in [7, 11) is 0. The topological polar surface area (TPSA) is 74.6 Å². The number of carbonyl (C=O) groups excluding carboxylic acids is 1. The second kappa shape index (κ2) is 7.60. The van der Waals surface area contributed by atoms with Gasteiger partial charge in [-0.25, -0.2) is 4.79 Å². The van der Waals surface area contributed by atoms with E-state index < -0.39 is 0 Å². The normalized spacial score (nSPS) is 15.5. The van der Waals surface area contributed by atoms with Crippen LogP contribution in [0, 0.1) is 0 Å². The number of hydrogen-bond donors (Lipinski definition) is 0. The van der Waals surface area contributed by atoms with Crippen molar-refractivity contribution in [2.24, 2.45) is 0 Å². The van der Waals surface area contributed by atoms with E-state index in [1.54, 1.807) is 12.1 Å². The number of benzene rings is 1. The van der Waals surface area contributed by atoms with Crippen LogP contribution in [-0.2, 0) is 6.67 Å². The molecule has 1 fully saturated rings. The molecule has 3 rings (SSSR count). The van der Waals surface area contributed by atoms with Crippen molar-refractivity contribution >= 4 is 16.9 Å². The summed E-state index contributed by atoms with van der Waals surface area (Å²) in [6, 6.07) is 7.31. The zero-order chi connectivity index (χ0) is 17.8. The van der Waals surface area contributed by atoms with Gasteiger partial charge in [-0.1, -0.05) is 17.3 Å². The molecule has 134 valence electrons. The molecule has 2 heterocycles. The first-order valence-corrected chi connectivity index (χ1v) is 8.72. The summed E-state index contributed by atoms with van der Waals surface area (Å²) in [6.07, 6.45) is 0. The largest absolute Gasteiger partial charge is 0.325 e. The van der Waals surface area contributed by atoms with Crippen LogP contribution in [0.4, 0.5) is 4.79 Å². The highest BCUT2D eigenvalue weighted by Gasteiger charge is 2.24. The van der Waals surface area contributed by atoms with Crippen molar-refractivity contribution in [2.45, 2.75) is 20.5 Å². The summed E-state index contributed by atoms with van der Waals surface area (Å²) in [4.78, 5) is 30.7. The highest BCUT2D eigenvalue weighted by molar-refractivity contribution is 5.76. The van der Waals surface area contributed by atoms with Crippen LogP contribution in [0.15, 0.2) is 29.1 Å². The van der Waals surface area contributed by atoms with E-state index in [0.717, 1.165) is 13.1 Å². The van der Waals surface area contributed by atoms with Crippen molar-refractivity contribution in [3.05, 3.63) is 34.6 Å². The van der Waals surface area contributed by atoms with Crippen molar-refractivity contribution in [1.82, 2.24) is 29.7 Å². The van der Waals surface area contributed by atoms with E-state index in [2.05, 4.69) is 15.2 Å². The van der Waals surface area contributed by atoms with Gasteiger partial charge in [0.15, 0.2) is 0 Å². The average Bonchev–Trinajstić information content (AvgIpc) is 2.66. The Balaban J connectivity index is 1.64. The molecule has 0 radical (unpaired) electrons. The molecule has 1 aliphatic heterocycles. The predicted octanol–water partition coefficient (Wildman–Crippen LogP) is 0.828. The Bertz CT molecular complexity index is 793. The molecular weight excluding hydrogens is 320 g/mol. The first kappa shape index (κ1) is 17.3. The monoisotopic (exact) mass is 344 g/mol. The Labute approximate surface area is 146 Å². The SMILES string of the molecule is CCN(CC)C(=O)N1CCN(Cn2nnc3ccccc3c2=O)CC1. The summed E-state index contributed by atoms with van der Waals surface area (Å²) in [6.45, 7) is 8.56. The summed E-state index contributed by atoms with van der Waals surface area (Å²) in [5.41, 5.74) is 0.477. The molecule has 0 unspecified atom stereocenters. The van der Waals surface area contributed by atoms with Crippen LogP contribution in [0.1, 0.15) is 13.8 Å². The van der Waals surface area contributed by atoms with E-state index in [1.807, 2.05) is 35.8 Å². The van der Waals surface area contributed by atoms with Gasteiger partial charge in [0, 0.05) is 39.3 Å². The van der Waals surface area contributed by atoms with E-state index >= 15 is 0 Å². The number of urea groups is 1. The van der Waals surface area contributed by atoms with Gasteiger partial charge in [-0.05, 0) is 26.0 Å². The van der Waals surface area contributed by atoms with Crippen LogP contribution in [0.2, 0.25) is 0 Å². The summed E-state index contributed by atoms with van der Waals surface area (Å²) >= 11 is 0. The number of carbonyl (C=O) groups is 1. The maximum absolute atomic E-state index is 12.5. The van der Waals surface area contributed by atoms with Crippen LogP contribution in [0.3, 0.4) is 0 Å². The van der Waals surface area contributed by atoms with Gasteiger partial charge in [0.05, 0.1) is 12.1 Å². The number of hydrogen-bond acceptors (Lipinski definition) is 5. The Morgan fingerprint density at radius 3 is 2.48 bits per heavy atom. The Morgan fingerprint density at radius 1 is 1.12 bits per heavy atom. The van der Waals surface area contributed by atoms with E-state index in [0.29, 0.717) is 43.8 Å². The van der Waals surface area contributed by atoms with Gasteiger partial charge in [0.25, 0.3) is 5.56 Å². The first-order valence-electron chi connectivity index (χ1n) is 8.72. The number of aromatic nitrogens is 3. The van der Waals surface area contributed by atoms with Crippen LogP contribution in [-0.4, -0.2) is 75.0 Å². The number of piperazine rings is 1. The van der Waals surface area contributed by atoms with Gasteiger partial charge in [-0.3, -0.25) is 9.69 Å². The molecule has 0 atom stereocenters. The lowest BCUT2D eigenvalue weighted by Crippen LogP contribution is -2.53. The van der Waals surface area contributed by atoms with Crippen LogP contribution >= 0.6 is 0 Å². The smallest absolute Gasteiger partial charge is 0.320 e. The molecule has 8 nitrogen and oxygen atoms in total. The third-order valence-corrected chi connectivity index (χ3v) is 4.64. The number of rotatable bonds is 4. The lowest BCUT2D eigenvalue weighted by atomic mass is 10.2. The highest BCUT2D eigenvalue weighted by atomic mass is 16.2. The van der Waals surface area contributed by atoms with Crippen molar-refractivity contribution < 1.29 is 4.79 Å². The predicted molar refractivity (Wildman–Crippen MR) is 95.3 cm³/mol. The molecule has 2 aromatic rings. The summed E-state index contributed by atoms with van der Waals surface area (Å²) < 4.78 is 1.39. The molecule has 8 heteroatoms. The fourth-order valence-electron chi connectivity index (χ4n) is 3.08. The lowest BCUT2D eigenvalue weighted by Gasteiger charge is -2.36. The third-order valence-electron chi connectivity index (χ3n) is 4.64. The fourth-order valence-corrected chi connectivity index (χ4v) is 3.08. The van der Waals surface area contributed by atoms with Crippen LogP contribution in [0.25, 0.3) is 10.9 Å². The molecule has 1 aromatic carbocycles. The minimum Gasteiger partial charge on any atom is -0.325 e. The van der Waals surface area contributed by atoms with E-state index in [4.69, 9.17) is 0 Å². The van der Waals surface area contributed by atoms with Crippen molar-refractivity contribution in [1.29, 1.82) is 0 Å². The molecule has 0 saturated carbocycles. The van der Waals surface area contributed by atoms with E-state index in [9.17, 15) is 9.59 Å². The molecule has 0 aliphatic carbocycles. The lowest BCUT2D eigenvalue weighted by molar-refractivity contribution is 0.0955. The molecule has 1 aromatic heterocycles. The number of nitrogens with zero attached hydrogens (tertiary/aromatic N) is 6. The quantitative estimate of drug-likeness (QED) is 0.821. The van der Waals surface area contributed by atoms with Crippen LogP contribution in [0.5, 0.6) is 0 Å². The minimum absolute atomic E-state index is 0.0901. The second-order valence-corrected chi connectivity index (χ2v) is 6.11. The summed E-state index contributed by atoms with van der Waals surface area (Å²) in [5, 5.41) is 8.72. The average molecular weight is 344 g/mol. The van der Waals surface area contributed by atoms with Crippen molar-refractivity contribution in [3.63, 3.8) is 0 Å².